The molecule has 2 aliphatic rings. The van der Waals surface area contributed by atoms with Crippen molar-refractivity contribution in [2.45, 2.75) is 37.5 Å². The summed E-state index contributed by atoms with van der Waals surface area (Å²) in [5.74, 6) is -0.659. The minimum absolute atomic E-state index is 0.140. The third kappa shape index (κ3) is 4.09. The summed E-state index contributed by atoms with van der Waals surface area (Å²) < 4.78 is 0. The van der Waals surface area contributed by atoms with Crippen LogP contribution in [0.1, 0.15) is 47.2 Å². The second-order valence-electron chi connectivity index (χ2n) is 8.10. The average molecular weight is 377 g/mol. The Kier molecular flexibility index (Phi) is 5.18. The van der Waals surface area contributed by atoms with Crippen molar-refractivity contribution >= 4 is 17.5 Å². The van der Waals surface area contributed by atoms with Gasteiger partial charge in [-0.25, -0.2) is 0 Å². The number of hydrogen-bond acceptors (Lipinski definition) is 3. The second-order valence-corrected chi connectivity index (χ2v) is 8.10. The van der Waals surface area contributed by atoms with E-state index >= 15 is 0 Å². The summed E-state index contributed by atoms with van der Waals surface area (Å²) in [7, 11) is 0. The summed E-state index contributed by atoms with van der Waals surface area (Å²) in [5.41, 5.74) is 8.76. The summed E-state index contributed by atoms with van der Waals surface area (Å²) in [6.07, 6.45) is 5.09. The van der Waals surface area contributed by atoms with E-state index in [-0.39, 0.29) is 17.7 Å². The van der Waals surface area contributed by atoms with Crippen molar-refractivity contribution in [1.29, 1.82) is 0 Å². The SMILES string of the molecule is NC(=O)c1cc(C2(CN3CCCC3)CC2)ccc1NC(=O)Cc1ccccc1. The zero-order valence-corrected chi connectivity index (χ0v) is 16.1. The van der Waals surface area contributed by atoms with Crippen molar-refractivity contribution in [3.8, 4) is 0 Å². The van der Waals surface area contributed by atoms with Crippen LogP contribution in [-0.2, 0) is 16.6 Å². The lowest BCUT2D eigenvalue weighted by atomic mass is 9.92. The summed E-state index contributed by atoms with van der Waals surface area (Å²) >= 11 is 0. The highest BCUT2D eigenvalue weighted by atomic mass is 16.2. The maximum Gasteiger partial charge on any atom is 0.250 e. The third-order valence-corrected chi connectivity index (χ3v) is 5.96. The molecule has 0 unspecified atom stereocenters. The van der Waals surface area contributed by atoms with Crippen LogP contribution in [0.3, 0.4) is 0 Å². The van der Waals surface area contributed by atoms with Gasteiger partial charge >= 0.3 is 0 Å². The van der Waals surface area contributed by atoms with Gasteiger partial charge in [-0.1, -0.05) is 36.4 Å². The van der Waals surface area contributed by atoms with Gasteiger partial charge in [-0.05, 0) is 62.0 Å². The number of primary amides is 1. The van der Waals surface area contributed by atoms with E-state index in [0.29, 0.717) is 11.3 Å². The average Bonchev–Trinajstić information content (AvgIpc) is 3.28. The molecule has 1 saturated carbocycles. The van der Waals surface area contributed by atoms with E-state index in [2.05, 4.69) is 10.2 Å². The topological polar surface area (TPSA) is 75.4 Å². The van der Waals surface area contributed by atoms with Crippen LogP contribution < -0.4 is 11.1 Å². The lowest BCUT2D eigenvalue weighted by Crippen LogP contribution is -2.30. The van der Waals surface area contributed by atoms with Gasteiger partial charge in [0.15, 0.2) is 0 Å². The van der Waals surface area contributed by atoms with Gasteiger partial charge in [0.2, 0.25) is 5.91 Å². The molecule has 2 fully saturated rings. The van der Waals surface area contributed by atoms with Crippen LogP contribution in [0, 0.1) is 0 Å². The number of anilines is 1. The molecule has 0 aromatic heterocycles. The standard InChI is InChI=1S/C23H27N3O2/c24-22(28)19-15-18(23(10-11-23)16-26-12-4-5-13-26)8-9-20(19)25-21(27)14-17-6-2-1-3-7-17/h1-3,6-9,15H,4-5,10-14,16H2,(H2,24,28)(H,25,27). The van der Waals surface area contributed by atoms with Crippen LogP contribution in [0.5, 0.6) is 0 Å². The molecule has 5 nitrogen and oxygen atoms in total. The molecule has 28 heavy (non-hydrogen) atoms. The summed E-state index contributed by atoms with van der Waals surface area (Å²) in [4.78, 5) is 27.0. The normalized spacial score (nSPS) is 18.0. The van der Waals surface area contributed by atoms with Crippen LogP contribution in [0.4, 0.5) is 5.69 Å². The van der Waals surface area contributed by atoms with Gasteiger partial charge in [-0.15, -0.1) is 0 Å². The Bertz CT molecular complexity index is 869. The minimum atomic E-state index is -0.506. The Morgan fingerprint density at radius 3 is 2.39 bits per heavy atom. The fourth-order valence-corrected chi connectivity index (χ4v) is 4.22. The molecule has 0 atom stereocenters. The maximum absolute atomic E-state index is 12.4. The third-order valence-electron chi connectivity index (χ3n) is 5.96. The number of carbonyl (C=O) groups excluding carboxylic acids is 2. The van der Waals surface area contributed by atoms with Crippen LogP contribution in [0.15, 0.2) is 48.5 Å². The smallest absolute Gasteiger partial charge is 0.250 e. The molecular formula is C23H27N3O2. The molecule has 1 saturated heterocycles. The van der Waals surface area contributed by atoms with E-state index in [1.54, 1.807) is 0 Å². The van der Waals surface area contributed by atoms with Gasteiger partial charge in [0.05, 0.1) is 17.7 Å². The Morgan fingerprint density at radius 2 is 1.75 bits per heavy atom. The molecule has 146 valence electrons. The zero-order valence-electron chi connectivity index (χ0n) is 16.1. The highest BCUT2D eigenvalue weighted by molar-refractivity contribution is 6.03. The van der Waals surface area contributed by atoms with E-state index in [9.17, 15) is 9.59 Å². The molecular weight excluding hydrogens is 350 g/mol. The number of nitrogens with one attached hydrogen (secondary N) is 1. The summed E-state index contributed by atoms with van der Waals surface area (Å²) in [6, 6.07) is 15.3. The van der Waals surface area contributed by atoms with Crippen molar-refractivity contribution in [1.82, 2.24) is 4.90 Å². The molecule has 0 bridgehead atoms. The van der Waals surface area contributed by atoms with Gasteiger partial charge in [0.25, 0.3) is 5.91 Å². The number of carbonyl (C=O) groups is 2. The van der Waals surface area contributed by atoms with Gasteiger partial charge in [-0.3, -0.25) is 9.59 Å². The number of nitrogens with zero attached hydrogens (tertiary/aromatic N) is 1. The first-order valence-electron chi connectivity index (χ1n) is 10.1. The molecule has 1 aliphatic carbocycles. The lowest BCUT2D eigenvalue weighted by molar-refractivity contribution is -0.115. The van der Waals surface area contributed by atoms with E-state index < -0.39 is 5.91 Å². The fourth-order valence-electron chi connectivity index (χ4n) is 4.22. The van der Waals surface area contributed by atoms with Crippen molar-refractivity contribution in [3.05, 3.63) is 65.2 Å². The van der Waals surface area contributed by atoms with Crippen LogP contribution in [0.2, 0.25) is 0 Å². The Hall–Kier alpha value is -2.66. The molecule has 2 amide bonds. The number of nitrogens with two attached hydrogens (primary N) is 1. The number of rotatable bonds is 7. The molecule has 0 spiro atoms. The Labute approximate surface area is 165 Å². The molecule has 3 N–H and O–H groups in total. The molecule has 1 aliphatic heterocycles. The van der Waals surface area contributed by atoms with Crippen LogP contribution >= 0.6 is 0 Å². The lowest BCUT2D eigenvalue weighted by Gasteiger charge is -2.24. The van der Waals surface area contributed by atoms with E-state index in [1.807, 2.05) is 48.5 Å². The first kappa shape index (κ1) is 18.7. The fraction of sp³-hybridized carbons (Fsp3) is 0.391. The Balaban J connectivity index is 1.51. The quantitative estimate of drug-likeness (QED) is 0.779. The first-order valence-corrected chi connectivity index (χ1v) is 10.1. The maximum atomic E-state index is 12.4. The van der Waals surface area contributed by atoms with Gasteiger partial charge in [0, 0.05) is 12.0 Å². The van der Waals surface area contributed by atoms with Crippen LogP contribution in [0.25, 0.3) is 0 Å². The molecule has 1 heterocycles. The van der Waals surface area contributed by atoms with Crippen molar-refractivity contribution < 1.29 is 9.59 Å². The van der Waals surface area contributed by atoms with E-state index in [4.69, 9.17) is 5.73 Å². The predicted octanol–water partition coefficient (Wildman–Crippen LogP) is 3.09. The van der Waals surface area contributed by atoms with Gasteiger partial charge in [0.1, 0.15) is 0 Å². The monoisotopic (exact) mass is 377 g/mol. The largest absolute Gasteiger partial charge is 0.366 e. The molecule has 5 heteroatoms. The number of amides is 2. The van der Waals surface area contributed by atoms with Crippen molar-refractivity contribution in [3.63, 3.8) is 0 Å². The van der Waals surface area contributed by atoms with Crippen molar-refractivity contribution in [2.75, 3.05) is 25.0 Å². The number of likely N-dealkylation sites (tertiary alicyclic amines) is 1. The van der Waals surface area contributed by atoms with Gasteiger partial charge in [-0.2, -0.15) is 0 Å². The highest BCUT2D eigenvalue weighted by Crippen LogP contribution is 2.49. The molecule has 4 rings (SSSR count). The predicted molar refractivity (Wildman–Crippen MR) is 110 cm³/mol. The second kappa shape index (κ2) is 7.76. The van der Waals surface area contributed by atoms with Gasteiger partial charge < -0.3 is 16.0 Å². The molecule has 0 radical (unpaired) electrons. The van der Waals surface area contributed by atoms with E-state index in [1.165, 1.54) is 12.8 Å². The number of hydrogen-bond donors (Lipinski definition) is 2. The van der Waals surface area contributed by atoms with Crippen LogP contribution in [-0.4, -0.2) is 36.3 Å². The van der Waals surface area contributed by atoms with E-state index in [0.717, 1.165) is 43.6 Å². The van der Waals surface area contributed by atoms with Crippen molar-refractivity contribution in [2.24, 2.45) is 5.73 Å². The minimum Gasteiger partial charge on any atom is -0.366 e. The Morgan fingerprint density at radius 1 is 1.04 bits per heavy atom. The summed E-state index contributed by atoms with van der Waals surface area (Å²) in [6.45, 7) is 3.38. The summed E-state index contributed by atoms with van der Waals surface area (Å²) in [5, 5.41) is 2.86. The molecule has 2 aromatic rings. The first-order chi connectivity index (χ1) is 13.6. The molecule has 2 aromatic carbocycles. The highest BCUT2D eigenvalue weighted by Gasteiger charge is 2.46. The zero-order chi connectivity index (χ0) is 19.6. The number of benzene rings is 2.